The summed E-state index contributed by atoms with van der Waals surface area (Å²) in [7, 11) is 0. The minimum atomic E-state index is -0.199. The molecule has 2 rings (SSSR count). The highest BCUT2D eigenvalue weighted by Gasteiger charge is 2.22. The van der Waals surface area contributed by atoms with Crippen LogP contribution in [0.2, 0.25) is 5.22 Å². The Morgan fingerprint density at radius 3 is 3.00 bits per heavy atom. The summed E-state index contributed by atoms with van der Waals surface area (Å²) in [5.74, 6) is -0.233. The van der Waals surface area contributed by atoms with Crippen LogP contribution in [0.1, 0.15) is 16.8 Å². The third-order valence-electron chi connectivity index (χ3n) is 2.45. The maximum absolute atomic E-state index is 12.0. The summed E-state index contributed by atoms with van der Waals surface area (Å²) in [4.78, 5) is 24.7. The van der Waals surface area contributed by atoms with Crippen molar-refractivity contribution in [3.63, 3.8) is 0 Å². The van der Waals surface area contributed by atoms with Crippen LogP contribution in [0, 0.1) is 0 Å². The number of hydrogen-bond acceptors (Lipinski definition) is 3. The van der Waals surface area contributed by atoms with Gasteiger partial charge in [0, 0.05) is 26.1 Å². The molecule has 1 aliphatic heterocycles. The first kappa shape index (κ1) is 11.0. The second-order valence-electron chi connectivity index (χ2n) is 3.50. The number of nitrogens with zero attached hydrogens (tertiary/aromatic N) is 1. The van der Waals surface area contributed by atoms with Gasteiger partial charge in [-0.15, -0.1) is 0 Å². The van der Waals surface area contributed by atoms with Crippen LogP contribution in [-0.4, -0.2) is 36.3 Å². The Kier molecular flexibility index (Phi) is 3.14. The lowest BCUT2D eigenvalue weighted by atomic mass is 10.2. The number of nitrogens with one attached hydrogen (secondary N) is 1. The summed E-state index contributed by atoms with van der Waals surface area (Å²) < 4.78 is 4.86. The highest BCUT2D eigenvalue weighted by molar-refractivity contribution is 6.32. The van der Waals surface area contributed by atoms with Gasteiger partial charge >= 0.3 is 0 Å². The van der Waals surface area contributed by atoms with Gasteiger partial charge in [0.05, 0.1) is 11.8 Å². The van der Waals surface area contributed by atoms with Gasteiger partial charge in [-0.25, -0.2) is 0 Å². The zero-order chi connectivity index (χ0) is 11.5. The molecule has 0 atom stereocenters. The molecular weight excluding hydrogens is 232 g/mol. The van der Waals surface area contributed by atoms with Crippen molar-refractivity contribution in [1.82, 2.24) is 10.2 Å². The van der Waals surface area contributed by atoms with E-state index in [2.05, 4.69) is 5.32 Å². The van der Waals surface area contributed by atoms with Gasteiger partial charge in [-0.1, -0.05) is 0 Å². The SMILES string of the molecule is O=C1CCN(C(=O)c2ccoc2Cl)CCN1. The van der Waals surface area contributed by atoms with E-state index in [1.165, 1.54) is 12.3 Å². The van der Waals surface area contributed by atoms with Gasteiger partial charge in [0.1, 0.15) is 0 Å². The number of rotatable bonds is 1. The summed E-state index contributed by atoms with van der Waals surface area (Å²) in [5, 5.41) is 2.79. The van der Waals surface area contributed by atoms with Crippen molar-refractivity contribution in [1.29, 1.82) is 0 Å². The fourth-order valence-electron chi connectivity index (χ4n) is 1.59. The van der Waals surface area contributed by atoms with Gasteiger partial charge in [-0.2, -0.15) is 0 Å². The summed E-state index contributed by atoms with van der Waals surface area (Å²) in [6.07, 6.45) is 1.69. The van der Waals surface area contributed by atoms with Crippen molar-refractivity contribution in [2.45, 2.75) is 6.42 Å². The van der Waals surface area contributed by atoms with Crippen molar-refractivity contribution in [2.24, 2.45) is 0 Å². The van der Waals surface area contributed by atoms with Gasteiger partial charge in [0.2, 0.25) is 11.1 Å². The number of carbonyl (C=O) groups is 2. The van der Waals surface area contributed by atoms with Crippen LogP contribution in [0.15, 0.2) is 16.7 Å². The molecule has 0 bridgehead atoms. The number of furan rings is 1. The molecule has 6 heteroatoms. The molecule has 0 aromatic carbocycles. The van der Waals surface area contributed by atoms with E-state index in [1.54, 1.807) is 4.90 Å². The molecule has 0 saturated carbocycles. The minimum absolute atomic E-state index is 0.0337. The van der Waals surface area contributed by atoms with E-state index in [4.69, 9.17) is 16.0 Å². The third-order valence-corrected chi connectivity index (χ3v) is 2.74. The number of amides is 2. The second kappa shape index (κ2) is 4.57. The number of carbonyl (C=O) groups excluding carboxylic acids is 2. The van der Waals surface area contributed by atoms with E-state index in [9.17, 15) is 9.59 Å². The molecule has 5 nitrogen and oxygen atoms in total. The normalized spacial score (nSPS) is 16.8. The Morgan fingerprint density at radius 2 is 2.31 bits per heavy atom. The summed E-state index contributed by atoms with van der Waals surface area (Å²) >= 11 is 5.73. The van der Waals surface area contributed by atoms with Gasteiger partial charge in [-0.05, 0) is 17.7 Å². The van der Waals surface area contributed by atoms with Crippen LogP contribution >= 0.6 is 11.6 Å². The average Bonchev–Trinajstić information content (AvgIpc) is 2.56. The van der Waals surface area contributed by atoms with E-state index in [0.717, 1.165) is 0 Å². The van der Waals surface area contributed by atoms with E-state index in [-0.39, 0.29) is 17.0 Å². The molecule has 1 aromatic heterocycles. The smallest absolute Gasteiger partial charge is 0.258 e. The molecule has 1 saturated heterocycles. The molecule has 16 heavy (non-hydrogen) atoms. The lowest BCUT2D eigenvalue weighted by molar-refractivity contribution is -0.120. The molecule has 0 unspecified atom stereocenters. The number of hydrogen-bond donors (Lipinski definition) is 1. The minimum Gasteiger partial charge on any atom is -0.452 e. The predicted octanol–water partition coefficient (Wildman–Crippen LogP) is 0.895. The molecule has 1 N–H and O–H groups in total. The molecule has 1 aromatic rings. The summed E-state index contributed by atoms with van der Waals surface area (Å²) in [6.45, 7) is 1.37. The van der Waals surface area contributed by atoms with Gasteiger partial charge < -0.3 is 14.6 Å². The van der Waals surface area contributed by atoms with Gasteiger partial charge in [0.15, 0.2) is 0 Å². The number of halogens is 1. The maximum atomic E-state index is 12.0. The van der Waals surface area contributed by atoms with Gasteiger partial charge in [-0.3, -0.25) is 9.59 Å². The average molecular weight is 243 g/mol. The van der Waals surface area contributed by atoms with E-state index >= 15 is 0 Å². The van der Waals surface area contributed by atoms with Crippen LogP contribution in [0.5, 0.6) is 0 Å². The zero-order valence-electron chi connectivity index (χ0n) is 8.53. The van der Waals surface area contributed by atoms with E-state index in [0.29, 0.717) is 31.6 Å². The Bertz CT molecular complexity index is 416. The standard InChI is InChI=1S/C10H11ClN2O3/c11-9-7(2-6-16-9)10(15)13-4-1-8(14)12-3-5-13/h2,6H,1,3-5H2,(H,12,14). The van der Waals surface area contributed by atoms with Crippen molar-refractivity contribution < 1.29 is 14.0 Å². The molecule has 2 heterocycles. The highest BCUT2D eigenvalue weighted by atomic mass is 35.5. The largest absolute Gasteiger partial charge is 0.452 e. The fourth-order valence-corrected chi connectivity index (χ4v) is 1.78. The third kappa shape index (κ3) is 2.19. The molecule has 1 fully saturated rings. The van der Waals surface area contributed by atoms with E-state index < -0.39 is 0 Å². The van der Waals surface area contributed by atoms with Crippen LogP contribution < -0.4 is 5.32 Å². The molecular formula is C10H11ClN2O3. The molecule has 0 spiro atoms. The van der Waals surface area contributed by atoms with Crippen molar-refractivity contribution in [3.8, 4) is 0 Å². The van der Waals surface area contributed by atoms with Crippen LogP contribution in [0.3, 0.4) is 0 Å². The first-order valence-corrected chi connectivity index (χ1v) is 5.35. The van der Waals surface area contributed by atoms with Crippen LogP contribution in [0.25, 0.3) is 0 Å². The molecule has 2 amide bonds. The Morgan fingerprint density at radius 1 is 1.50 bits per heavy atom. The van der Waals surface area contributed by atoms with Crippen LogP contribution in [-0.2, 0) is 4.79 Å². The lowest BCUT2D eigenvalue weighted by Crippen LogP contribution is -2.34. The summed E-state index contributed by atoms with van der Waals surface area (Å²) in [6, 6.07) is 1.53. The Labute approximate surface area is 97.3 Å². The van der Waals surface area contributed by atoms with Crippen LogP contribution in [0.4, 0.5) is 0 Å². The van der Waals surface area contributed by atoms with Crippen molar-refractivity contribution in [3.05, 3.63) is 23.1 Å². The molecule has 86 valence electrons. The first-order valence-electron chi connectivity index (χ1n) is 4.97. The highest BCUT2D eigenvalue weighted by Crippen LogP contribution is 2.18. The Balaban J connectivity index is 2.10. The predicted molar refractivity (Wildman–Crippen MR) is 57.2 cm³/mol. The molecule has 0 aliphatic carbocycles. The topological polar surface area (TPSA) is 62.6 Å². The monoisotopic (exact) mass is 242 g/mol. The fraction of sp³-hybridized carbons (Fsp3) is 0.400. The maximum Gasteiger partial charge on any atom is 0.258 e. The summed E-state index contributed by atoms with van der Waals surface area (Å²) in [5.41, 5.74) is 0.344. The molecule has 0 radical (unpaired) electrons. The quantitative estimate of drug-likeness (QED) is 0.796. The van der Waals surface area contributed by atoms with E-state index in [1.807, 2.05) is 0 Å². The molecule has 1 aliphatic rings. The lowest BCUT2D eigenvalue weighted by Gasteiger charge is -2.18. The Hall–Kier alpha value is -1.49. The van der Waals surface area contributed by atoms with Crippen molar-refractivity contribution in [2.75, 3.05) is 19.6 Å². The zero-order valence-corrected chi connectivity index (χ0v) is 9.29. The van der Waals surface area contributed by atoms with Crippen molar-refractivity contribution >= 4 is 23.4 Å². The first-order chi connectivity index (χ1) is 7.68. The second-order valence-corrected chi connectivity index (χ2v) is 3.84. The van der Waals surface area contributed by atoms with Gasteiger partial charge in [0.25, 0.3) is 5.91 Å².